The Labute approximate surface area is 98.5 Å². The molecule has 2 N–H and O–H groups in total. The van der Waals surface area contributed by atoms with Crippen LogP contribution in [0.1, 0.15) is 30.9 Å². The maximum absolute atomic E-state index is 13.5. The molecule has 0 aliphatic rings. The van der Waals surface area contributed by atoms with Crippen LogP contribution in [0.3, 0.4) is 0 Å². The minimum atomic E-state index is -0.876. The van der Waals surface area contributed by atoms with Gasteiger partial charge in [-0.25, -0.2) is 8.78 Å². The number of rotatable bonds is 6. The van der Waals surface area contributed by atoms with Crippen LogP contribution in [0.25, 0.3) is 0 Å². The van der Waals surface area contributed by atoms with Gasteiger partial charge in [0.15, 0.2) is 0 Å². The van der Waals surface area contributed by atoms with Gasteiger partial charge < -0.3 is 10.4 Å². The highest BCUT2D eigenvalue weighted by Gasteiger charge is 2.14. The van der Waals surface area contributed by atoms with Crippen molar-refractivity contribution in [2.24, 2.45) is 0 Å². The molecule has 0 aromatic heterocycles. The van der Waals surface area contributed by atoms with Gasteiger partial charge in [-0.3, -0.25) is 4.79 Å². The summed E-state index contributed by atoms with van der Waals surface area (Å²) in [5, 5.41) is 11.4. The molecule has 0 heterocycles. The molecular formula is C12H15F2NO2. The van der Waals surface area contributed by atoms with Gasteiger partial charge in [-0.15, -0.1) is 0 Å². The maximum atomic E-state index is 13.5. The van der Waals surface area contributed by atoms with Crippen LogP contribution in [0.2, 0.25) is 0 Å². The Kier molecular flexibility index (Phi) is 5.03. The van der Waals surface area contributed by atoms with E-state index in [1.165, 1.54) is 12.1 Å². The molecule has 1 atom stereocenters. The molecule has 17 heavy (non-hydrogen) atoms. The highest BCUT2D eigenvalue weighted by molar-refractivity contribution is 5.66. The van der Waals surface area contributed by atoms with Crippen LogP contribution >= 0.6 is 0 Å². The van der Waals surface area contributed by atoms with E-state index in [0.29, 0.717) is 18.4 Å². The van der Waals surface area contributed by atoms with E-state index in [1.807, 2.05) is 0 Å². The van der Waals surface area contributed by atoms with Gasteiger partial charge in [-0.2, -0.15) is 0 Å². The molecule has 1 aromatic rings. The summed E-state index contributed by atoms with van der Waals surface area (Å²) in [4.78, 5) is 10.4. The van der Waals surface area contributed by atoms with Crippen LogP contribution in [0.4, 0.5) is 8.78 Å². The zero-order chi connectivity index (χ0) is 12.8. The fourth-order valence-electron chi connectivity index (χ4n) is 1.70. The standard InChI is InChI=1S/C12H15F2NO2/c1-15-11(3-2-4-12(16)17)9-6-5-8(13)7-10(9)14/h5-7,11,15H,2-4H2,1H3,(H,16,17). The molecule has 0 aliphatic carbocycles. The molecule has 0 fully saturated rings. The molecule has 1 aromatic carbocycles. The summed E-state index contributed by atoms with van der Waals surface area (Å²) >= 11 is 0. The largest absolute Gasteiger partial charge is 0.481 e. The molecule has 94 valence electrons. The molecule has 1 rings (SSSR count). The van der Waals surface area contributed by atoms with Crippen molar-refractivity contribution in [3.63, 3.8) is 0 Å². The number of hydrogen-bond acceptors (Lipinski definition) is 2. The summed E-state index contributed by atoms with van der Waals surface area (Å²) in [7, 11) is 1.66. The van der Waals surface area contributed by atoms with Crippen LogP contribution in [0, 0.1) is 11.6 Å². The molecule has 1 unspecified atom stereocenters. The van der Waals surface area contributed by atoms with Gasteiger partial charge in [0.1, 0.15) is 11.6 Å². The number of carboxylic acid groups (broad SMARTS) is 1. The Morgan fingerprint density at radius 2 is 2.18 bits per heavy atom. The van der Waals surface area contributed by atoms with Crippen molar-refractivity contribution in [2.45, 2.75) is 25.3 Å². The Balaban J connectivity index is 2.69. The maximum Gasteiger partial charge on any atom is 0.303 e. The molecule has 0 saturated heterocycles. The molecule has 5 heteroatoms. The second kappa shape index (κ2) is 6.30. The van der Waals surface area contributed by atoms with Crippen LogP contribution in [-0.2, 0) is 4.79 Å². The summed E-state index contributed by atoms with van der Waals surface area (Å²) in [6.45, 7) is 0. The number of benzene rings is 1. The van der Waals surface area contributed by atoms with Gasteiger partial charge in [0.25, 0.3) is 0 Å². The van der Waals surface area contributed by atoms with E-state index in [2.05, 4.69) is 5.32 Å². The number of halogens is 2. The second-order valence-electron chi connectivity index (χ2n) is 3.79. The lowest BCUT2D eigenvalue weighted by Gasteiger charge is -2.16. The molecule has 0 amide bonds. The third-order valence-corrected chi connectivity index (χ3v) is 2.57. The molecule has 0 spiro atoms. The van der Waals surface area contributed by atoms with Gasteiger partial charge in [-0.05, 0) is 26.0 Å². The van der Waals surface area contributed by atoms with Gasteiger partial charge in [0, 0.05) is 24.1 Å². The average Bonchev–Trinajstić information content (AvgIpc) is 2.25. The normalized spacial score (nSPS) is 12.4. The smallest absolute Gasteiger partial charge is 0.303 e. The third-order valence-electron chi connectivity index (χ3n) is 2.57. The first-order valence-electron chi connectivity index (χ1n) is 5.38. The Bertz CT molecular complexity index is 396. The number of hydrogen-bond donors (Lipinski definition) is 2. The summed E-state index contributed by atoms with van der Waals surface area (Å²) < 4.78 is 26.2. The predicted octanol–water partition coefficient (Wildman–Crippen LogP) is 2.48. The lowest BCUT2D eigenvalue weighted by atomic mass is 10.0. The topological polar surface area (TPSA) is 49.3 Å². The van der Waals surface area contributed by atoms with Crippen molar-refractivity contribution in [1.29, 1.82) is 0 Å². The zero-order valence-corrected chi connectivity index (χ0v) is 9.54. The Morgan fingerprint density at radius 1 is 1.47 bits per heavy atom. The fraction of sp³-hybridized carbons (Fsp3) is 0.417. The highest BCUT2D eigenvalue weighted by atomic mass is 19.1. The lowest BCUT2D eigenvalue weighted by Crippen LogP contribution is -2.18. The SMILES string of the molecule is CNC(CCCC(=O)O)c1ccc(F)cc1F. The van der Waals surface area contributed by atoms with Crippen molar-refractivity contribution >= 4 is 5.97 Å². The first-order valence-corrected chi connectivity index (χ1v) is 5.38. The lowest BCUT2D eigenvalue weighted by molar-refractivity contribution is -0.137. The van der Waals surface area contributed by atoms with Gasteiger partial charge >= 0.3 is 5.97 Å². The second-order valence-corrected chi connectivity index (χ2v) is 3.79. The van der Waals surface area contributed by atoms with E-state index in [0.717, 1.165) is 6.07 Å². The van der Waals surface area contributed by atoms with Gasteiger partial charge in [-0.1, -0.05) is 6.07 Å². The van der Waals surface area contributed by atoms with Gasteiger partial charge in [0.2, 0.25) is 0 Å². The van der Waals surface area contributed by atoms with E-state index in [4.69, 9.17) is 5.11 Å². The van der Waals surface area contributed by atoms with E-state index < -0.39 is 17.6 Å². The van der Waals surface area contributed by atoms with Gasteiger partial charge in [0.05, 0.1) is 0 Å². The minimum absolute atomic E-state index is 0.0427. The number of nitrogens with one attached hydrogen (secondary N) is 1. The quantitative estimate of drug-likeness (QED) is 0.807. The summed E-state index contributed by atoms with van der Waals surface area (Å²) in [6, 6.07) is 3.11. The zero-order valence-electron chi connectivity index (χ0n) is 9.54. The van der Waals surface area contributed by atoms with Crippen LogP contribution in [0.15, 0.2) is 18.2 Å². The summed E-state index contributed by atoms with van der Waals surface area (Å²) in [6.07, 6.45) is 0.976. The first kappa shape index (κ1) is 13.6. The molecular weight excluding hydrogens is 228 g/mol. The van der Waals surface area contributed by atoms with E-state index in [-0.39, 0.29) is 12.5 Å². The van der Waals surface area contributed by atoms with Crippen LogP contribution in [-0.4, -0.2) is 18.1 Å². The van der Waals surface area contributed by atoms with E-state index in [9.17, 15) is 13.6 Å². The molecule has 0 bridgehead atoms. The Hall–Kier alpha value is -1.49. The fourth-order valence-corrected chi connectivity index (χ4v) is 1.70. The Morgan fingerprint density at radius 3 is 2.71 bits per heavy atom. The average molecular weight is 243 g/mol. The summed E-state index contributed by atoms with van der Waals surface area (Å²) in [5.74, 6) is -2.11. The predicted molar refractivity (Wildman–Crippen MR) is 59.6 cm³/mol. The van der Waals surface area contributed by atoms with Crippen molar-refractivity contribution < 1.29 is 18.7 Å². The third kappa shape index (κ3) is 4.11. The van der Waals surface area contributed by atoms with E-state index in [1.54, 1.807) is 7.05 Å². The van der Waals surface area contributed by atoms with Crippen molar-refractivity contribution in [2.75, 3.05) is 7.05 Å². The molecule has 0 radical (unpaired) electrons. The van der Waals surface area contributed by atoms with E-state index >= 15 is 0 Å². The summed E-state index contributed by atoms with van der Waals surface area (Å²) in [5.41, 5.74) is 0.360. The van der Waals surface area contributed by atoms with Crippen molar-refractivity contribution in [3.05, 3.63) is 35.4 Å². The monoisotopic (exact) mass is 243 g/mol. The molecule has 3 nitrogen and oxygen atoms in total. The highest BCUT2D eigenvalue weighted by Crippen LogP contribution is 2.22. The minimum Gasteiger partial charge on any atom is -0.481 e. The molecule has 0 aliphatic heterocycles. The number of aliphatic carboxylic acids is 1. The molecule has 0 saturated carbocycles. The van der Waals surface area contributed by atoms with Crippen molar-refractivity contribution in [1.82, 2.24) is 5.32 Å². The van der Waals surface area contributed by atoms with Crippen LogP contribution in [0.5, 0.6) is 0 Å². The van der Waals surface area contributed by atoms with Crippen LogP contribution < -0.4 is 5.32 Å². The first-order chi connectivity index (χ1) is 8.04. The van der Waals surface area contributed by atoms with Crippen molar-refractivity contribution in [3.8, 4) is 0 Å². The number of carbonyl (C=O) groups is 1. The number of carboxylic acids is 1.